The number of ether oxygens (including phenoxy) is 1. The van der Waals surface area contributed by atoms with E-state index >= 15 is 0 Å². The first-order chi connectivity index (χ1) is 12.8. The maximum atomic E-state index is 12.0. The molecule has 2 fully saturated rings. The Labute approximate surface area is 181 Å². The molecule has 1 saturated heterocycles. The number of morpholine rings is 1. The summed E-state index contributed by atoms with van der Waals surface area (Å²) in [6.45, 7) is 9.58. The summed E-state index contributed by atoms with van der Waals surface area (Å²) in [5, 5.41) is 9.58. The zero-order valence-electron chi connectivity index (χ0n) is 16.8. The van der Waals surface area contributed by atoms with E-state index in [1.165, 1.54) is 32.1 Å². The Morgan fingerprint density at radius 1 is 1.07 bits per heavy atom. The molecule has 8 heteroatoms. The topological polar surface area (TPSA) is 78.0 Å². The SMILES string of the molecule is CCNC(=NCCN1CCOCC1)NCCNC(=O)CC1CCCCC1.I. The van der Waals surface area contributed by atoms with Crippen molar-refractivity contribution >= 4 is 35.8 Å². The molecule has 0 unspecified atom stereocenters. The summed E-state index contributed by atoms with van der Waals surface area (Å²) in [4.78, 5) is 19.0. The minimum absolute atomic E-state index is 0. The van der Waals surface area contributed by atoms with Crippen molar-refractivity contribution in [3.63, 3.8) is 0 Å². The summed E-state index contributed by atoms with van der Waals surface area (Å²) in [6, 6.07) is 0. The molecule has 1 amide bonds. The number of nitrogens with zero attached hydrogens (tertiary/aromatic N) is 2. The van der Waals surface area contributed by atoms with E-state index in [0.717, 1.165) is 51.9 Å². The highest BCUT2D eigenvalue weighted by molar-refractivity contribution is 14.0. The summed E-state index contributed by atoms with van der Waals surface area (Å²) < 4.78 is 5.36. The number of carbonyl (C=O) groups excluding carboxylic acids is 1. The number of amides is 1. The number of carbonyl (C=O) groups is 1. The number of hydrogen-bond donors (Lipinski definition) is 3. The van der Waals surface area contributed by atoms with Gasteiger partial charge in [0.25, 0.3) is 0 Å². The van der Waals surface area contributed by atoms with Gasteiger partial charge in [-0.2, -0.15) is 0 Å². The molecule has 1 aliphatic carbocycles. The van der Waals surface area contributed by atoms with Gasteiger partial charge in [0, 0.05) is 45.7 Å². The van der Waals surface area contributed by atoms with Gasteiger partial charge in [-0.05, 0) is 25.7 Å². The van der Waals surface area contributed by atoms with Gasteiger partial charge < -0.3 is 20.7 Å². The summed E-state index contributed by atoms with van der Waals surface area (Å²) in [7, 11) is 0. The molecule has 0 bridgehead atoms. The van der Waals surface area contributed by atoms with Gasteiger partial charge in [-0.3, -0.25) is 14.7 Å². The standard InChI is InChI=1S/C19H37N5O2.HI/c1-2-20-19(23-10-11-24-12-14-26-15-13-24)22-9-8-21-18(25)16-17-6-4-3-5-7-17;/h17H,2-16H2,1H3,(H,21,25)(H2,20,22,23);1H. The molecule has 7 nitrogen and oxygen atoms in total. The molecule has 1 heterocycles. The lowest BCUT2D eigenvalue weighted by Crippen LogP contribution is -2.42. The highest BCUT2D eigenvalue weighted by Gasteiger charge is 2.16. The second kappa shape index (κ2) is 15.3. The molecule has 27 heavy (non-hydrogen) atoms. The third-order valence-electron chi connectivity index (χ3n) is 5.07. The van der Waals surface area contributed by atoms with Crippen LogP contribution in [0, 0.1) is 5.92 Å². The van der Waals surface area contributed by atoms with Gasteiger partial charge in [0.1, 0.15) is 0 Å². The lowest BCUT2D eigenvalue weighted by Gasteiger charge is -2.25. The third kappa shape index (κ3) is 11.1. The largest absolute Gasteiger partial charge is 0.379 e. The molecule has 2 aliphatic rings. The van der Waals surface area contributed by atoms with Gasteiger partial charge in [0.2, 0.25) is 5.91 Å². The lowest BCUT2D eigenvalue weighted by atomic mass is 9.87. The van der Waals surface area contributed by atoms with Gasteiger partial charge in [0.15, 0.2) is 5.96 Å². The minimum atomic E-state index is 0. The molecule has 0 radical (unpaired) electrons. The summed E-state index contributed by atoms with van der Waals surface area (Å²) in [5.41, 5.74) is 0. The molecular weight excluding hydrogens is 457 g/mol. The monoisotopic (exact) mass is 495 g/mol. The van der Waals surface area contributed by atoms with Crippen LogP contribution in [0.2, 0.25) is 0 Å². The van der Waals surface area contributed by atoms with E-state index < -0.39 is 0 Å². The maximum Gasteiger partial charge on any atom is 0.220 e. The fourth-order valence-electron chi connectivity index (χ4n) is 3.58. The first-order valence-corrected chi connectivity index (χ1v) is 10.4. The number of halogens is 1. The van der Waals surface area contributed by atoms with Crippen LogP contribution < -0.4 is 16.0 Å². The minimum Gasteiger partial charge on any atom is -0.379 e. The van der Waals surface area contributed by atoms with Crippen molar-refractivity contribution < 1.29 is 9.53 Å². The van der Waals surface area contributed by atoms with E-state index in [1.807, 2.05) is 0 Å². The molecule has 0 aromatic heterocycles. The molecule has 0 atom stereocenters. The van der Waals surface area contributed by atoms with Crippen LogP contribution in [-0.2, 0) is 9.53 Å². The molecule has 3 N–H and O–H groups in total. The number of rotatable bonds is 9. The fourth-order valence-corrected chi connectivity index (χ4v) is 3.58. The van der Waals surface area contributed by atoms with Crippen molar-refractivity contribution in [3.8, 4) is 0 Å². The smallest absolute Gasteiger partial charge is 0.220 e. The van der Waals surface area contributed by atoms with Crippen LogP contribution in [0.1, 0.15) is 45.4 Å². The van der Waals surface area contributed by atoms with E-state index in [4.69, 9.17) is 4.74 Å². The second-order valence-corrected chi connectivity index (χ2v) is 7.20. The summed E-state index contributed by atoms with van der Waals surface area (Å²) in [5.74, 6) is 1.60. The first kappa shape index (κ1) is 24.4. The lowest BCUT2D eigenvalue weighted by molar-refractivity contribution is -0.122. The number of guanidine groups is 1. The average Bonchev–Trinajstić information content (AvgIpc) is 2.67. The van der Waals surface area contributed by atoms with E-state index in [0.29, 0.717) is 25.4 Å². The van der Waals surface area contributed by atoms with E-state index in [2.05, 4.69) is 32.8 Å². The first-order valence-electron chi connectivity index (χ1n) is 10.4. The van der Waals surface area contributed by atoms with Crippen molar-refractivity contribution in [1.29, 1.82) is 0 Å². The molecule has 0 aromatic carbocycles. The van der Waals surface area contributed by atoms with Gasteiger partial charge in [0.05, 0.1) is 19.8 Å². The number of hydrogen-bond acceptors (Lipinski definition) is 4. The Morgan fingerprint density at radius 3 is 2.48 bits per heavy atom. The van der Waals surface area contributed by atoms with Gasteiger partial charge in [-0.1, -0.05) is 19.3 Å². The highest BCUT2D eigenvalue weighted by atomic mass is 127. The molecule has 0 aromatic rings. The van der Waals surface area contributed by atoms with Crippen LogP contribution in [0.4, 0.5) is 0 Å². The van der Waals surface area contributed by atoms with E-state index in [1.54, 1.807) is 0 Å². The van der Waals surface area contributed by atoms with Crippen molar-refractivity contribution in [2.24, 2.45) is 10.9 Å². The van der Waals surface area contributed by atoms with Crippen LogP contribution in [0.3, 0.4) is 0 Å². The Hall–Kier alpha value is -0.610. The Morgan fingerprint density at radius 2 is 1.78 bits per heavy atom. The van der Waals surface area contributed by atoms with E-state index in [9.17, 15) is 4.79 Å². The third-order valence-corrected chi connectivity index (χ3v) is 5.07. The number of nitrogens with one attached hydrogen (secondary N) is 3. The van der Waals surface area contributed by atoms with Crippen LogP contribution >= 0.6 is 24.0 Å². The van der Waals surface area contributed by atoms with Gasteiger partial charge in [-0.15, -0.1) is 24.0 Å². The van der Waals surface area contributed by atoms with Crippen molar-refractivity contribution in [3.05, 3.63) is 0 Å². The summed E-state index contributed by atoms with van der Waals surface area (Å²) in [6.07, 6.45) is 7.02. The van der Waals surface area contributed by atoms with Crippen LogP contribution in [-0.4, -0.2) is 75.8 Å². The predicted molar refractivity (Wildman–Crippen MR) is 121 cm³/mol. The van der Waals surface area contributed by atoms with Crippen LogP contribution in [0.5, 0.6) is 0 Å². The Bertz CT molecular complexity index is 424. The molecule has 158 valence electrons. The normalized spacial score (nSPS) is 19.2. The average molecular weight is 495 g/mol. The second-order valence-electron chi connectivity index (χ2n) is 7.20. The number of aliphatic imine (C=N–C) groups is 1. The van der Waals surface area contributed by atoms with Crippen molar-refractivity contribution in [2.75, 3.05) is 59.0 Å². The molecule has 2 rings (SSSR count). The Balaban J connectivity index is 0.00000364. The molecule has 0 spiro atoms. The zero-order valence-corrected chi connectivity index (χ0v) is 19.1. The van der Waals surface area contributed by atoms with Crippen molar-refractivity contribution in [2.45, 2.75) is 45.4 Å². The molecule has 1 saturated carbocycles. The highest BCUT2D eigenvalue weighted by Crippen LogP contribution is 2.25. The van der Waals surface area contributed by atoms with Crippen molar-refractivity contribution in [1.82, 2.24) is 20.9 Å². The maximum absolute atomic E-state index is 12.0. The predicted octanol–water partition coefficient (Wildman–Crippen LogP) is 1.58. The quantitative estimate of drug-likeness (QED) is 0.196. The van der Waals surface area contributed by atoms with E-state index in [-0.39, 0.29) is 29.9 Å². The molecular formula is C19H38IN5O2. The van der Waals surface area contributed by atoms with Gasteiger partial charge >= 0.3 is 0 Å². The van der Waals surface area contributed by atoms with Crippen LogP contribution in [0.15, 0.2) is 4.99 Å². The van der Waals surface area contributed by atoms with Gasteiger partial charge in [-0.25, -0.2) is 0 Å². The summed E-state index contributed by atoms with van der Waals surface area (Å²) >= 11 is 0. The fraction of sp³-hybridized carbons (Fsp3) is 0.895. The Kier molecular flexibility index (Phi) is 13.9. The zero-order chi connectivity index (χ0) is 18.5. The van der Waals surface area contributed by atoms with Crippen LogP contribution in [0.25, 0.3) is 0 Å². The molecule has 1 aliphatic heterocycles.